The van der Waals surface area contributed by atoms with Gasteiger partial charge in [-0.2, -0.15) is 0 Å². The molecule has 0 radical (unpaired) electrons. The number of hydrogen-bond acceptors (Lipinski definition) is 2. The third-order valence-electron chi connectivity index (χ3n) is 3.80. The Hall–Kier alpha value is -1.67. The average Bonchev–Trinajstić information content (AvgIpc) is 2.46. The van der Waals surface area contributed by atoms with Gasteiger partial charge in [-0.3, -0.25) is 4.98 Å². The van der Waals surface area contributed by atoms with Crippen LogP contribution in [0.5, 0.6) is 0 Å². The first-order valence-electron chi connectivity index (χ1n) is 7.31. The fourth-order valence-electron chi connectivity index (χ4n) is 2.24. The van der Waals surface area contributed by atoms with E-state index in [1.165, 1.54) is 16.7 Å². The number of aryl methyl sites for hydroxylation is 1. The van der Waals surface area contributed by atoms with Crippen LogP contribution in [0.15, 0.2) is 42.6 Å². The lowest BCUT2D eigenvalue weighted by atomic mass is 9.99. The molecular weight excluding hydrogens is 244 g/mol. The second kappa shape index (κ2) is 6.67. The molecule has 0 saturated heterocycles. The van der Waals surface area contributed by atoms with Crippen molar-refractivity contribution in [2.75, 3.05) is 0 Å². The van der Waals surface area contributed by atoms with Crippen LogP contribution in [0.3, 0.4) is 0 Å². The van der Waals surface area contributed by atoms with E-state index < -0.39 is 0 Å². The topological polar surface area (TPSA) is 24.9 Å². The maximum atomic E-state index is 4.42. The third-order valence-corrected chi connectivity index (χ3v) is 3.80. The summed E-state index contributed by atoms with van der Waals surface area (Å²) < 4.78 is 0. The highest BCUT2D eigenvalue weighted by atomic mass is 14.9. The Bertz CT molecular complexity index is 544. The molecule has 2 rings (SSSR count). The van der Waals surface area contributed by atoms with Gasteiger partial charge in [0.2, 0.25) is 0 Å². The SMILES string of the molecule is Cc1cccnc1CNC(C)c1ccc(C(C)C)cc1. The van der Waals surface area contributed by atoms with E-state index in [9.17, 15) is 0 Å². The molecular formula is C18H24N2. The molecule has 0 saturated carbocycles. The summed E-state index contributed by atoms with van der Waals surface area (Å²) in [5.74, 6) is 0.587. The largest absolute Gasteiger partial charge is 0.305 e. The molecule has 0 aliphatic carbocycles. The summed E-state index contributed by atoms with van der Waals surface area (Å²) in [4.78, 5) is 4.42. The Kier molecular flexibility index (Phi) is 4.91. The molecule has 0 amide bonds. The maximum Gasteiger partial charge on any atom is 0.0570 e. The molecule has 0 aliphatic heterocycles. The van der Waals surface area contributed by atoms with Gasteiger partial charge >= 0.3 is 0 Å². The van der Waals surface area contributed by atoms with Gasteiger partial charge in [0, 0.05) is 18.8 Å². The number of nitrogens with one attached hydrogen (secondary N) is 1. The smallest absolute Gasteiger partial charge is 0.0570 e. The lowest BCUT2D eigenvalue weighted by Gasteiger charge is -2.16. The number of pyridine rings is 1. The monoisotopic (exact) mass is 268 g/mol. The van der Waals surface area contributed by atoms with Crippen molar-refractivity contribution in [2.24, 2.45) is 0 Å². The molecule has 1 atom stereocenters. The van der Waals surface area contributed by atoms with Gasteiger partial charge in [0.15, 0.2) is 0 Å². The third kappa shape index (κ3) is 3.67. The molecule has 1 heterocycles. The lowest BCUT2D eigenvalue weighted by Crippen LogP contribution is -2.19. The number of aromatic nitrogens is 1. The minimum atomic E-state index is 0.331. The van der Waals surface area contributed by atoms with E-state index in [0.717, 1.165) is 12.2 Å². The van der Waals surface area contributed by atoms with Crippen LogP contribution < -0.4 is 5.32 Å². The normalized spacial score (nSPS) is 12.7. The number of nitrogens with zero attached hydrogens (tertiary/aromatic N) is 1. The van der Waals surface area contributed by atoms with Gasteiger partial charge in [-0.1, -0.05) is 44.2 Å². The quantitative estimate of drug-likeness (QED) is 0.871. The summed E-state index contributed by atoms with van der Waals surface area (Å²) in [6, 6.07) is 13.3. The summed E-state index contributed by atoms with van der Waals surface area (Å²) in [6.45, 7) is 9.55. The first-order chi connectivity index (χ1) is 9.58. The van der Waals surface area contributed by atoms with Gasteiger partial charge in [0.1, 0.15) is 0 Å². The van der Waals surface area contributed by atoms with Crippen LogP contribution in [0.1, 0.15) is 55.1 Å². The van der Waals surface area contributed by atoms with E-state index in [4.69, 9.17) is 0 Å². The highest BCUT2D eigenvalue weighted by Gasteiger charge is 2.07. The maximum absolute atomic E-state index is 4.42. The van der Waals surface area contributed by atoms with E-state index in [0.29, 0.717) is 12.0 Å². The Morgan fingerprint density at radius 1 is 1.00 bits per heavy atom. The van der Waals surface area contributed by atoms with Crippen LogP contribution in [-0.4, -0.2) is 4.98 Å². The molecule has 1 aromatic heterocycles. The summed E-state index contributed by atoms with van der Waals surface area (Å²) in [7, 11) is 0. The minimum absolute atomic E-state index is 0.331. The summed E-state index contributed by atoms with van der Waals surface area (Å²) in [5.41, 5.74) is 5.07. The molecule has 0 bridgehead atoms. The van der Waals surface area contributed by atoms with Gasteiger partial charge in [-0.05, 0) is 42.5 Å². The fourth-order valence-corrected chi connectivity index (χ4v) is 2.24. The van der Waals surface area contributed by atoms with Crippen molar-refractivity contribution >= 4 is 0 Å². The van der Waals surface area contributed by atoms with Gasteiger partial charge in [0.05, 0.1) is 5.69 Å². The zero-order valence-electron chi connectivity index (χ0n) is 12.9. The summed E-state index contributed by atoms with van der Waals surface area (Å²) >= 11 is 0. The molecule has 0 aliphatic rings. The van der Waals surface area contributed by atoms with Crippen molar-refractivity contribution in [3.8, 4) is 0 Å². The second-order valence-electron chi connectivity index (χ2n) is 5.69. The Labute approximate surface area is 122 Å². The zero-order chi connectivity index (χ0) is 14.5. The van der Waals surface area contributed by atoms with Gasteiger partial charge in [-0.15, -0.1) is 0 Å². The van der Waals surface area contributed by atoms with Crippen molar-refractivity contribution < 1.29 is 0 Å². The van der Waals surface area contributed by atoms with Crippen LogP contribution in [0.4, 0.5) is 0 Å². The van der Waals surface area contributed by atoms with E-state index >= 15 is 0 Å². The first-order valence-corrected chi connectivity index (χ1v) is 7.31. The number of rotatable bonds is 5. The molecule has 20 heavy (non-hydrogen) atoms. The second-order valence-corrected chi connectivity index (χ2v) is 5.69. The molecule has 2 nitrogen and oxygen atoms in total. The van der Waals surface area contributed by atoms with E-state index in [2.05, 4.69) is 68.3 Å². The first kappa shape index (κ1) is 14.7. The van der Waals surface area contributed by atoms with E-state index in [-0.39, 0.29) is 0 Å². The highest BCUT2D eigenvalue weighted by Crippen LogP contribution is 2.19. The molecule has 1 unspecified atom stereocenters. The summed E-state index contributed by atoms with van der Waals surface area (Å²) in [5, 5.41) is 3.54. The predicted molar refractivity (Wildman–Crippen MR) is 84.8 cm³/mol. The van der Waals surface area contributed by atoms with Crippen molar-refractivity contribution in [3.05, 3.63) is 65.0 Å². The van der Waals surface area contributed by atoms with Crippen LogP contribution in [0.2, 0.25) is 0 Å². The van der Waals surface area contributed by atoms with E-state index in [1.807, 2.05) is 12.3 Å². The molecule has 106 valence electrons. The molecule has 1 aromatic carbocycles. The van der Waals surface area contributed by atoms with Crippen LogP contribution >= 0.6 is 0 Å². The molecule has 0 fully saturated rings. The van der Waals surface area contributed by atoms with Crippen molar-refractivity contribution in [2.45, 2.75) is 46.2 Å². The standard InChI is InChI=1S/C18H24N2/c1-13(2)16-7-9-17(10-8-16)15(4)20-12-18-14(3)6-5-11-19-18/h5-11,13,15,20H,12H2,1-4H3. The van der Waals surface area contributed by atoms with Crippen LogP contribution in [-0.2, 0) is 6.54 Å². The minimum Gasteiger partial charge on any atom is -0.305 e. The number of benzene rings is 1. The van der Waals surface area contributed by atoms with Crippen LogP contribution in [0.25, 0.3) is 0 Å². The molecule has 2 aromatic rings. The van der Waals surface area contributed by atoms with Gasteiger partial charge < -0.3 is 5.32 Å². The van der Waals surface area contributed by atoms with Gasteiger partial charge in [-0.25, -0.2) is 0 Å². The Morgan fingerprint density at radius 3 is 2.25 bits per heavy atom. The highest BCUT2D eigenvalue weighted by molar-refractivity contribution is 5.26. The average molecular weight is 268 g/mol. The fraction of sp³-hybridized carbons (Fsp3) is 0.389. The molecule has 1 N–H and O–H groups in total. The lowest BCUT2D eigenvalue weighted by molar-refractivity contribution is 0.566. The van der Waals surface area contributed by atoms with Crippen LogP contribution in [0, 0.1) is 6.92 Å². The van der Waals surface area contributed by atoms with Crippen molar-refractivity contribution in [3.63, 3.8) is 0 Å². The van der Waals surface area contributed by atoms with Crippen molar-refractivity contribution in [1.82, 2.24) is 10.3 Å². The summed E-state index contributed by atoms with van der Waals surface area (Å²) in [6.07, 6.45) is 1.85. The molecule has 0 spiro atoms. The molecule has 2 heteroatoms. The van der Waals surface area contributed by atoms with E-state index in [1.54, 1.807) is 0 Å². The Morgan fingerprint density at radius 2 is 1.65 bits per heavy atom. The number of hydrogen-bond donors (Lipinski definition) is 1. The zero-order valence-corrected chi connectivity index (χ0v) is 12.9. The van der Waals surface area contributed by atoms with Gasteiger partial charge in [0.25, 0.3) is 0 Å². The Balaban J connectivity index is 1.98. The predicted octanol–water partition coefficient (Wildman–Crippen LogP) is 4.36. The van der Waals surface area contributed by atoms with Crippen molar-refractivity contribution in [1.29, 1.82) is 0 Å².